The highest BCUT2D eigenvalue weighted by Gasteiger charge is 2.10. The minimum Gasteiger partial charge on any atom is -0.288 e. The van der Waals surface area contributed by atoms with Crippen molar-refractivity contribution in [2.45, 2.75) is 20.4 Å². The van der Waals surface area contributed by atoms with Crippen LogP contribution in [0.15, 0.2) is 24.4 Å². The second-order valence-electron chi connectivity index (χ2n) is 2.43. The van der Waals surface area contributed by atoms with Gasteiger partial charge in [-0.05, 0) is 13.0 Å². The number of aryl methyl sites for hydroxylation is 1. The number of Topliss-reactive ketones (excluding diaryl/α,β-unsaturated/α-hetero) is 1. The average Bonchev–Trinajstić information content (AvgIpc) is 2.04. The van der Waals surface area contributed by atoms with Crippen molar-refractivity contribution in [3.8, 4) is 0 Å². The van der Waals surface area contributed by atoms with Crippen LogP contribution in [-0.2, 0) is 6.54 Å². The molecule has 0 saturated carbocycles. The van der Waals surface area contributed by atoms with Crippen LogP contribution in [0.5, 0.6) is 0 Å². The highest BCUT2D eigenvalue weighted by Crippen LogP contribution is 1.91. The zero-order valence-corrected chi connectivity index (χ0v) is 6.87. The molecule has 0 atom stereocenters. The minimum absolute atomic E-state index is 0.118. The first-order valence-electron chi connectivity index (χ1n) is 3.75. The van der Waals surface area contributed by atoms with Crippen molar-refractivity contribution in [2.24, 2.45) is 0 Å². The molecule has 0 amide bonds. The Kier molecular flexibility index (Phi) is 2.36. The monoisotopic (exact) mass is 150 g/mol. The molecule has 1 aromatic heterocycles. The lowest BCUT2D eigenvalue weighted by molar-refractivity contribution is -0.695. The number of rotatable bonds is 2. The summed E-state index contributed by atoms with van der Waals surface area (Å²) in [4.78, 5) is 11.0. The maximum Gasteiger partial charge on any atom is 0.248 e. The quantitative estimate of drug-likeness (QED) is 0.458. The van der Waals surface area contributed by atoms with Crippen LogP contribution in [0.1, 0.15) is 24.3 Å². The fraction of sp³-hybridized carbons (Fsp3) is 0.333. The van der Waals surface area contributed by atoms with Crippen LogP contribution < -0.4 is 4.57 Å². The summed E-state index contributed by atoms with van der Waals surface area (Å²) in [5.74, 6) is 0.118. The summed E-state index contributed by atoms with van der Waals surface area (Å²) in [6, 6.07) is 5.64. The zero-order valence-electron chi connectivity index (χ0n) is 6.87. The lowest BCUT2D eigenvalue weighted by Gasteiger charge is -1.95. The van der Waals surface area contributed by atoms with Crippen LogP contribution in [0.4, 0.5) is 0 Å². The number of carbonyl (C=O) groups excluding carboxylic acids is 1. The molecular formula is C9H12NO+. The largest absolute Gasteiger partial charge is 0.288 e. The van der Waals surface area contributed by atoms with E-state index in [-0.39, 0.29) is 5.78 Å². The van der Waals surface area contributed by atoms with Crippen molar-refractivity contribution in [3.05, 3.63) is 30.1 Å². The number of ketones is 1. The van der Waals surface area contributed by atoms with Crippen LogP contribution in [0.25, 0.3) is 0 Å². The molecule has 0 bridgehead atoms. The van der Waals surface area contributed by atoms with Crippen LogP contribution in [0, 0.1) is 0 Å². The second kappa shape index (κ2) is 3.28. The van der Waals surface area contributed by atoms with Gasteiger partial charge in [0.15, 0.2) is 6.20 Å². The third-order valence-corrected chi connectivity index (χ3v) is 1.64. The van der Waals surface area contributed by atoms with Crippen LogP contribution in [0.2, 0.25) is 0 Å². The van der Waals surface area contributed by atoms with Gasteiger partial charge in [0.05, 0.1) is 0 Å². The van der Waals surface area contributed by atoms with E-state index in [1.807, 2.05) is 35.9 Å². The predicted octanol–water partition coefficient (Wildman–Crippen LogP) is 1.20. The fourth-order valence-corrected chi connectivity index (χ4v) is 1.07. The van der Waals surface area contributed by atoms with Crippen molar-refractivity contribution in [3.63, 3.8) is 0 Å². The first-order chi connectivity index (χ1) is 5.25. The highest BCUT2D eigenvalue weighted by atomic mass is 16.1. The molecule has 0 spiro atoms. The summed E-state index contributed by atoms with van der Waals surface area (Å²) in [7, 11) is 0. The molecule has 1 aromatic rings. The third-order valence-electron chi connectivity index (χ3n) is 1.64. The summed E-state index contributed by atoms with van der Waals surface area (Å²) in [6.45, 7) is 4.45. The van der Waals surface area contributed by atoms with E-state index in [0.717, 1.165) is 12.2 Å². The van der Waals surface area contributed by atoms with Gasteiger partial charge in [-0.3, -0.25) is 4.79 Å². The van der Waals surface area contributed by atoms with Crippen molar-refractivity contribution in [1.82, 2.24) is 0 Å². The van der Waals surface area contributed by atoms with E-state index in [4.69, 9.17) is 0 Å². The molecule has 0 N–H and O–H groups in total. The normalized spacial score (nSPS) is 9.64. The van der Waals surface area contributed by atoms with E-state index in [0.29, 0.717) is 0 Å². The summed E-state index contributed by atoms with van der Waals surface area (Å²) < 4.78 is 1.93. The van der Waals surface area contributed by atoms with Gasteiger partial charge in [-0.1, -0.05) is 0 Å². The molecule has 0 fully saturated rings. The molecule has 58 valence electrons. The molecule has 1 rings (SSSR count). The van der Waals surface area contributed by atoms with Gasteiger partial charge in [-0.2, -0.15) is 4.57 Å². The number of aromatic nitrogens is 1. The van der Waals surface area contributed by atoms with Crippen molar-refractivity contribution in [2.75, 3.05) is 0 Å². The van der Waals surface area contributed by atoms with Gasteiger partial charge < -0.3 is 0 Å². The Morgan fingerprint density at radius 3 is 2.73 bits per heavy atom. The van der Waals surface area contributed by atoms with E-state index in [2.05, 4.69) is 0 Å². The van der Waals surface area contributed by atoms with E-state index in [9.17, 15) is 4.79 Å². The number of carbonyl (C=O) groups is 1. The SMILES string of the molecule is CC[n+]1ccccc1C(C)=O. The summed E-state index contributed by atoms with van der Waals surface area (Å²) in [5.41, 5.74) is 0.773. The van der Waals surface area contributed by atoms with Crippen molar-refractivity contribution < 1.29 is 9.36 Å². The molecular weight excluding hydrogens is 138 g/mol. The maximum atomic E-state index is 11.0. The number of hydrogen-bond donors (Lipinski definition) is 0. The summed E-state index contributed by atoms with van der Waals surface area (Å²) in [6.07, 6.45) is 1.91. The van der Waals surface area contributed by atoms with Crippen LogP contribution in [-0.4, -0.2) is 5.78 Å². The molecule has 0 saturated heterocycles. The number of hydrogen-bond acceptors (Lipinski definition) is 1. The molecule has 0 radical (unpaired) electrons. The van der Waals surface area contributed by atoms with Crippen molar-refractivity contribution >= 4 is 5.78 Å². The number of pyridine rings is 1. The molecule has 2 nitrogen and oxygen atoms in total. The molecule has 0 aliphatic rings. The Labute approximate surface area is 66.5 Å². The molecule has 11 heavy (non-hydrogen) atoms. The molecule has 0 aliphatic heterocycles. The Hall–Kier alpha value is -1.18. The van der Waals surface area contributed by atoms with Gasteiger partial charge in [0.25, 0.3) is 0 Å². The fourth-order valence-electron chi connectivity index (χ4n) is 1.07. The first kappa shape index (κ1) is 7.92. The lowest BCUT2D eigenvalue weighted by atomic mass is 10.2. The molecule has 2 heteroatoms. The first-order valence-corrected chi connectivity index (χ1v) is 3.75. The van der Waals surface area contributed by atoms with Gasteiger partial charge in [0, 0.05) is 19.1 Å². The van der Waals surface area contributed by atoms with Gasteiger partial charge >= 0.3 is 0 Å². The molecule has 1 heterocycles. The average molecular weight is 150 g/mol. The van der Waals surface area contributed by atoms with Crippen LogP contribution in [0.3, 0.4) is 0 Å². The Morgan fingerprint density at radius 2 is 2.27 bits per heavy atom. The van der Waals surface area contributed by atoms with Gasteiger partial charge in [0.2, 0.25) is 11.5 Å². The topological polar surface area (TPSA) is 20.9 Å². The molecule has 0 aliphatic carbocycles. The molecule has 0 aromatic carbocycles. The highest BCUT2D eigenvalue weighted by molar-refractivity contribution is 5.90. The lowest BCUT2D eigenvalue weighted by Crippen LogP contribution is -2.38. The second-order valence-corrected chi connectivity index (χ2v) is 2.43. The van der Waals surface area contributed by atoms with Crippen molar-refractivity contribution in [1.29, 1.82) is 0 Å². The molecule has 0 unspecified atom stereocenters. The summed E-state index contributed by atoms with van der Waals surface area (Å²) >= 11 is 0. The Morgan fingerprint density at radius 1 is 1.55 bits per heavy atom. The predicted molar refractivity (Wildman–Crippen MR) is 42.3 cm³/mol. The van der Waals surface area contributed by atoms with Crippen LogP contribution >= 0.6 is 0 Å². The smallest absolute Gasteiger partial charge is 0.248 e. The Balaban J connectivity index is 3.12. The third kappa shape index (κ3) is 1.64. The van der Waals surface area contributed by atoms with E-state index >= 15 is 0 Å². The minimum atomic E-state index is 0.118. The van der Waals surface area contributed by atoms with E-state index in [1.165, 1.54) is 0 Å². The van der Waals surface area contributed by atoms with Gasteiger partial charge in [-0.25, -0.2) is 0 Å². The van der Waals surface area contributed by atoms with Gasteiger partial charge in [-0.15, -0.1) is 0 Å². The maximum absolute atomic E-state index is 11.0. The standard InChI is InChI=1S/C9H12NO/c1-3-10-7-5-4-6-9(10)8(2)11/h4-7H,3H2,1-2H3/q+1. The van der Waals surface area contributed by atoms with E-state index < -0.39 is 0 Å². The van der Waals surface area contributed by atoms with E-state index in [1.54, 1.807) is 6.92 Å². The number of nitrogens with zero attached hydrogens (tertiary/aromatic N) is 1. The van der Waals surface area contributed by atoms with Gasteiger partial charge in [0.1, 0.15) is 6.54 Å². The summed E-state index contributed by atoms with van der Waals surface area (Å²) in [5, 5.41) is 0. The Bertz CT molecular complexity index is 268. The zero-order chi connectivity index (χ0) is 8.27.